The molecule has 1 unspecified atom stereocenters. The Balaban J connectivity index is 1.37. The van der Waals surface area contributed by atoms with Gasteiger partial charge in [0.05, 0.1) is 7.11 Å². The molecular weight excluding hydrogens is 497 g/mol. The minimum Gasteiger partial charge on any atom is -0.463 e. The second-order valence-electron chi connectivity index (χ2n) is 9.90. The van der Waals surface area contributed by atoms with Crippen LogP contribution in [0.5, 0.6) is 0 Å². The normalized spacial score (nSPS) is 23.6. The molecule has 1 aromatic carbocycles. The highest BCUT2D eigenvalue weighted by Crippen LogP contribution is 2.47. The fourth-order valence-corrected chi connectivity index (χ4v) is 5.32. The smallest absolute Gasteiger partial charge is 0.463 e. The Bertz CT molecular complexity index is 1130. The highest BCUT2D eigenvalue weighted by molar-refractivity contribution is 5.84. The van der Waals surface area contributed by atoms with Gasteiger partial charge in [0.2, 0.25) is 5.82 Å². The zero-order chi connectivity index (χ0) is 27.3. The lowest BCUT2D eigenvalue weighted by Gasteiger charge is -2.38. The van der Waals surface area contributed by atoms with Crippen molar-refractivity contribution >= 4 is 18.0 Å². The van der Waals surface area contributed by atoms with E-state index in [-0.39, 0.29) is 17.8 Å². The van der Waals surface area contributed by atoms with Gasteiger partial charge in [-0.3, -0.25) is 4.79 Å². The van der Waals surface area contributed by atoms with Crippen molar-refractivity contribution in [1.29, 1.82) is 0 Å². The van der Waals surface area contributed by atoms with E-state index in [0.29, 0.717) is 38.6 Å². The lowest BCUT2D eigenvalue weighted by atomic mass is 9.89. The second kappa shape index (κ2) is 12.1. The van der Waals surface area contributed by atoms with E-state index in [2.05, 4.69) is 20.0 Å². The Morgan fingerprint density at radius 2 is 1.76 bits per heavy atom. The number of carbonyl (C=O) groups is 2. The molecule has 2 saturated carbocycles. The van der Waals surface area contributed by atoms with Gasteiger partial charge in [-0.1, -0.05) is 48.9 Å². The first-order valence-electron chi connectivity index (χ1n) is 13.0. The van der Waals surface area contributed by atoms with E-state index in [1.807, 2.05) is 43.3 Å². The summed E-state index contributed by atoms with van der Waals surface area (Å²) in [6, 6.07) is 8.98. The summed E-state index contributed by atoms with van der Waals surface area (Å²) in [6.45, 7) is 2.47. The molecule has 2 aliphatic carbocycles. The molecule has 0 aliphatic heterocycles. The number of amides is 1. The Morgan fingerprint density at radius 1 is 1.11 bits per heavy atom. The number of halogens is 3. The van der Waals surface area contributed by atoms with Crippen molar-refractivity contribution in [1.82, 2.24) is 20.2 Å². The molecule has 10 heteroatoms. The molecule has 2 fully saturated rings. The van der Waals surface area contributed by atoms with E-state index in [1.165, 1.54) is 7.11 Å². The lowest BCUT2D eigenvalue weighted by Crippen LogP contribution is -2.51. The number of hydrogen-bond acceptors (Lipinski definition) is 6. The predicted octanol–water partition coefficient (Wildman–Crippen LogP) is 4.94. The summed E-state index contributed by atoms with van der Waals surface area (Å²) < 4.78 is 45.5. The maximum Gasteiger partial charge on any atom is 0.471 e. The number of nitrogens with zero attached hydrogens (tertiary/aromatic N) is 3. The van der Waals surface area contributed by atoms with E-state index < -0.39 is 30.1 Å². The molecule has 0 bridgehead atoms. The maximum atomic E-state index is 13.6. The van der Waals surface area contributed by atoms with Crippen LogP contribution in [0.3, 0.4) is 0 Å². The standard InChI is InChI=1S/C28H33F3N4O3/c1-3-20(13-18-7-5-4-6-8-18)23-14-24(23)35(27(37)28(29,30)31)22-11-9-21(10-12-22)32-15-19-16-33-25(34-17-19)26(36)38-2/h4-8,13,16-17,21-24,32H,3,9-12,14-15H2,1-2H3/t21?,22?,23?,24-/m0/s1. The fourth-order valence-electron chi connectivity index (χ4n) is 5.32. The van der Waals surface area contributed by atoms with Crippen LogP contribution in [0.2, 0.25) is 0 Å². The number of ether oxygens (including phenoxy) is 1. The summed E-state index contributed by atoms with van der Waals surface area (Å²) in [5.41, 5.74) is 2.88. The van der Waals surface area contributed by atoms with Crippen LogP contribution in [0.1, 0.15) is 67.2 Å². The fraction of sp³-hybridized carbons (Fsp3) is 0.500. The lowest BCUT2D eigenvalue weighted by molar-refractivity contribution is -0.189. The molecule has 204 valence electrons. The molecule has 4 rings (SSSR count). The first-order chi connectivity index (χ1) is 18.2. The first kappa shape index (κ1) is 27.8. The molecule has 0 radical (unpaired) electrons. The van der Waals surface area contributed by atoms with Gasteiger partial charge < -0.3 is 15.0 Å². The Hall–Kier alpha value is -3.27. The average Bonchev–Trinajstić information content (AvgIpc) is 3.71. The van der Waals surface area contributed by atoms with Gasteiger partial charge in [-0.15, -0.1) is 0 Å². The Morgan fingerprint density at radius 3 is 2.34 bits per heavy atom. The van der Waals surface area contributed by atoms with Gasteiger partial charge in [-0.05, 0) is 44.1 Å². The summed E-state index contributed by atoms with van der Waals surface area (Å²) in [4.78, 5) is 33.2. The minimum atomic E-state index is -4.89. The van der Waals surface area contributed by atoms with E-state index >= 15 is 0 Å². The molecule has 38 heavy (non-hydrogen) atoms. The summed E-state index contributed by atoms with van der Waals surface area (Å²) in [6.07, 6.45) is 3.86. The zero-order valence-corrected chi connectivity index (χ0v) is 21.6. The second-order valence-corrected chi connectivity index (χ2v) is 9.90. The molecule has 2 aliphatic rings. The van der Waals surface area contributed by atoms with Crippen LogP contribution in [0.4, 0.5) is 13.2 Å². The number of carbonyl (C=O) groups excluding carboxylic acids is 2. The van der Waals surface area contributed by atoms with Crippen molar-refractivity contribution in [2.45, 2.75) is 76.3 Å². The van der Waals surface area contributed by atoms with Crippen LogP contribution in [-0.2, 0) is 16.1 Å². The summed E-state index contributed by atoms with van der Waals surface area (Å²) >= 11 is 0. The molecule has 7 nitrogen and oxygen atoms in total. The van der Waals surface area contributed by atoms with Gasteiger partial charge in [-0.25, -0.2) is 14.8 Å². The van der Waals surface area contributed by atoms with Gasteiger partial charge in [0, 0.05) is 48.5 Å². The monoisotopic (exact) mass is 530 g/mol. The van der Waals surface area contributed by atoms with E-state index in [0.717, 1.165) is 28.0 Å². The third-order valence-electron chi connectivity index (χ3n) is 7.39. The SMILES string of the molecule is CCC(=Cc1ccccc1)C1C[C@@H]1N(C(=O)C(F)(F)F)C1CCC(NCc2cnc(C(=O)OC)nc2)CC1. The molecule has 1 aromatic heterocycles. The molecule has 0 spiro atoms. The molecular formula is C28H33F3N4O3. The van der Waals surface area contributed by atoms with E-state index in [4.69, 9.17) is 0 Å². The topological polar surface area (TPSA) is 84.4 Å². The Kier molecular flexibility index (Phi) is 8.81. The number of methoxy groups -OCH3 is 1. The number of nitrogens with one attached hydrogen (secondary N) is 1. The van der Waals surface area contributed by atoms with Crippen molar-refractivity contribution in [2.24, 2.45) is 5.92 Å². The number of esters is 1. The molecule has 0 saturated heterocycles. The van der Waals surface area contributed by atoms with Crippen LogP contribution < -0.4 is 5.32 Å². The van der Waals surface area contributed by atoms with Crippen LogP contribution >= 0.6 is 0 Å². The number of aromatic nitrogens is 2. The average molecular weight is 531 g/mol. The van der Waals surface area contributed by atoms with Gasteiger partial charge in [-0.2, -0.15) is 13.2 Å². The molecule has 1 amide bonds. The number of benzene rings is 1. The number of rotatable bonds is 9. The molecule has 2 aromatic rings. The largest absolute Gasteiger partial charge is 0.471 e. The number of alkyl halides is 3. The van der Waals surface area contributed by atoms with Gasteiger partial charge >= 0.3 is 18.1 Å². The molecule has 2 atom stereocenters. The quantitative estimate of drug-likeness (QED) is 0.463. The van der Waals surface area contributed by atoms with Crippen molar-refractivity contribution in [2.75, 3.05) is 7.11 Å². The third kappa shape index (κ3) is 6.78. The zero-order valence-electron chi connectivity index (χ0n) is 21.6. The van der Waals surface area contributed by atoms with Crippen LogP contribution in [-0.4, -0.2) is 58.2 Å². The number of hydrogen-bond donors (Lipinski definition) is 1. The van der Waals surface area contributed by atoms with Crippen molar-refractivity contribution in [3.05, 3.63) is 65.2 Å². The minimum absolute atomic E-state index is 0.0191. The maximum absolute atomic E-state index is 13.6. The van der Waals surface area contributed by atoms with E-state index in [1.54, 1.807) is 12.4 Å². The van der Waals surface area contributed by atoms with Gasteiger partial charge in [0.1, 0.15) is 0 Å². The summed E-state index contributed by atoms with van der Waals surface area (Å²) in [5, 5.41) is 3.40. The van der Waals surface area contributed by atoms with Gasteiger partial charge in [0.25, 0.3) is 0 Å². The Labute approximate surface area is 220 Å². The highest BCUT2D eigenvalue weighted by Gasteiger charge is 2.54. The summed E-state index contributed by atoms with van der Waals surface area (Å²) in [5.74, 6) is -2.40. The predicted molar refractivity (Wildman–Crippen MR) is 136 cm³/mol. The van der Waals surface area contributed by atoms with Crippen molar-refractivity contribution in [3.63, 3.8) is 0 Å². The van der Waals surface area contributed by atoms with Gasteiger partial charge in [0.15, 0.2) is 0 Å². The molecule has 1 heterocycles. The summed E-state index contributed by atoms with van der Waals surface area (Å²) in [7, 11) is 1.26. The molecule has 1 N–H and O–H groups in total. The highest BCUT2D eigenvalue weighted by atomic mass is 19.4. The van der Waals surface area contributed by atoms with Crippen molar-refractivity contribution < 1.29 is 27.5 Å². The first-order valence-corrected chi connectivity index (χ1v) is 13.0. The van der Waals surface area contributed by atoms with Crippen molar-refractivity contribution in [3.8, 4) is 0 Å². The van der Waals surface area contributed by atoms with Crippen LogP contribution in [0.15, 0.2) is 48.3 Å². The van der Waals surface area contributed by atoms with E-state index in [9.17, 15) is 22.8 Å². The third-order valence-corrected chi connectivity index (χ3v) is 7.39. The van der Waals surface area contributed by atoms with Crippen LogP contribution in [0.25, 0.3) is 6.08 Å². The van der Waals surface area contributed by atoms with Crippen LogP contribution in [0, 0.1) is 5.92 Å².